The normalized spacial score (nSPS) is 21.0. The minimum absolute atomic E-state index is 0.0711. The average Bonchev–Trinajstić information content (AvgIpc) is 3.01. The quantitative estimate of drug-likeness (QED) is 0.391. The fourth-order valence-electron chi connectivity index (χ4n) is 5.07. The summed E-state index contributed by atoms with van der Waals surface area (Å²) in [7, 11) is 0. The van der Waals surface area contributed by atoms with Gasteiger partial charge in [0.05, 0.1) is 5.56 Å². The molecule has 5 rings (SSSR count). The molecule has 0 spiro atoms. The first-order valence-electron chi connectivity index (χ1n) is 12.4. The lowest BCUT2D eigenvalue weighted by Crippen LogP contribution is -2.23. The molecule has 174 valence electrons. The largest absolute Gasteiger partial charge is 0.289 e. The van der Waals surface area contributed by atoms with Gasteiger partial charge in [-0.1, -0.05) is 78.4 Å². The number of benzene rings is 2. The first-order chi connectivity index (χ1) is 17.2. The summed E-state index contributed by atoms with van der Waals surface area (Å²) in [5, 5.41) is 0. The van der Waals surface area contributed by atoms with Crippen molar-refractivity contribution in [3.63, 3.8) is 0 Å². The Labute approximate surface area is 206 Å². The van der Waals surface area contributed by atoms with E-state index in [1.807, 2.05) is 24.3 Å². The van der Waals surface area contributed by atoms with Gasteiger partial charge >= 0.3 is 0 Å². The highest BCUT2D eigenvalue weighted by Crippen LogP contribution is 2.35. The summed E-state index contributed by atoms with van der Waals surface area (Å²) in [5.74, 6) is 0.140. The summed E-state index contributed by atoms with van der Waals surface area (Å²) >= 11 is 0. The highest BCUT2D eigenvalue weighted by atomic mass is 16.1. The molecule has 1 atom stereocenters. The van der Waals surface area contributed by atoms with E-state index in [1.54, 1.807) is 12.3 Å². The molecule has 3 heteroatoms. The van der Waals surface area contributed by atoms with Gasteiger partial charge < -0.3 is 0 Å². The molecule has 1 aromatic heterocycles. The predicted molar refractivity (Wildman–Crippen MR) is 140 cm³/mol. The van der Waals surface area contributed by atoms with E-state index in [0.29, 0.717) is 28.2 Å². The first kappa shape index (κ1) is 22.9. The van der Waals surface area contributed by atoms with E-state index in [1.165, 1.54) is 17.3 Å². The zero-order valence-electron chi connectivity index (χ0n) is 19.8. The van der Waals surface area contributed by atoms with Crippen LogP contribution in [0, 0.1) is 0 Å². The number of carbonyl (C=O) groups excluding carboxylic acids is 2. The van der Waals surface area contributed by atoms with Gasteiger partial charge in [0.1, 0.15) is 0 Å². The molecule has 3 nitrogen and oxygen atoms in total. The number of rotatable bonds is 6. The Morgan fingerprint density at radius 3 is 2.29 bits per heavy atom. The number of ketones is 2. The molecule has 2 aromatic carbocycles. The smallest absolute Gasteiger partial charge is 0.196 e. The van der Waals surface area contributed by atoms with Crippen LogP contribution in [0.5, 0.6) is 0 Å². The van der Waals surface area contributed by atoms with Crippen molar-refractivity contribution in [3.05, 3.63) is 136 Å². The third-order valence-corrected chi connectivity index (χ3v) is 6.96. The number of nitrogens with zero attached hydrogens (tertiary/aromatic N) is 1. The minimum Gasteiger partial charge on any atom is -0.289 e. The lowest BCUT2D eigenvalue weighted by molar-refractivity contribution is 0.0972. The Morgan fingerprint density at radius 2 is 1.49 bits per heavy atom. The van der Waals surface area contributed by atoms with Gasteiger partial charge in [0.25, 0.3) is 0 Å². The second-order valence-electron chi connectivity index (χ2n) is 9.30. The third kappa shape index (κ3) is 5.14. The van der Waals surface area contributed by atoms with Gasteiger partial charge in [0, 0.05) is 29.1 Å². The molecular weight excluding hydrogens is 430 g/mol. The number of fused-ring (bicyclic) bond motifs is 2. The van der Waals surface area contributed by atoms with E-state index < -0.39 is 0 Å². The van der Waals surface area contributed by atoms with Crippen LogP contribution in [0.15, 0.2) is 114 Å². The molecule has 1 heterocycles. The summed E-state index contributed by atoms with van der Waals surface area (Å²) in [6.07, 6.45) is 14.8. The van der Waals surface area contributed by atoms with Crippen LogP contribution in [0.1, 0.15) is 69.9 Å². The molecule has 0 N–H and O–H groups in total. The SMILES string of the molecule is O=C1C2=C/CCC\C=C(CC(CCc3ccccc3)c3ccccc3)/C=C\2C(=O)c2cnccc21. The van der Waals surface area contributed by atoms with Gasteiger partial charge in [-0.3, -0.25) is 14.6 Å². The van der Waals surface area contributed by atoms with Crippen molar-refractivity contribution >= 4 is 11.6 Å². The van der Waals surface area contributed by atoms with Crippen LogP contribution in [-0.4, -0.2) is 16.6 Å². The lowest BCUT2D eigenvalue weighted by Gasteiger charge is -2.21. The van der Waals surface area contributed by atoms with Crippen LogP contribution in [0.3, 0.4) is 0 Å². The monoisotopic (exact) mass is 459 g/mol. The fraction of sp³-hybridized carbons (Fsp3) is 0.219. The van der Waals surface area contributed by atoms with E-state index in [4.69, 9.17) is 0 Å². The molecule has 3 aromatic rings. The molecular formula is C32H29NO2. The Kier molecular flexibility index (Phi) is 6.94. The molecule has 0 bridgehead atoms. The molecule has 0 amide bonds. The van der Waals surface area contributed by atoms with Crippen molar-refractivity contribution in [3.8, 4) is 0 Å². The van der Waals surface area contributed by atoms with Crippen LogP contribution in [0.2, 0.25) is 0 Å². The van der Waals surface area contributed by atoms with Gasteiger partial charge in [-0.15, -0.1) is 0 Å². The van der Waals surface area contributed by atoms with Crippen LogP contribution in [0.4, 0.5) is 0 Å². The molecule has 0 saturated heterocycles. The second kappa shape index (κ2) is 10.6. The first-order valence-corrected chi connectivity index (χ1v) is 12.4. The van der Waals surface area contributed by atoms with Gasteiger partial charge in [-0.05, 0) is 67.7 Å². The Hall–Kier alpha value is -3.85. The lowest BCUT2D eigenvalue weighted by atomic mass is 9.80. The molecule has 0 saturated carbocycles. The van der Waals surface area contributed by atoms with Crippen molar-refractivity contribution in [2.45, 2.75) is 44.4 Å². The molecule has 0 radical (unpaired) electrons. The van der Waals surface area contributed by atoms with Gasteiger partial charge in [0.2, 0.25) is 0 Å². The standard InChI is InChI=1S/C32H29NO2/c34-31-27-15-9-2-6-12-24(21-29(27)32(35)30-22-33-19-18-28(30)31)20-26(25-13-7-3-8-14-25)17-16-23-10-4-1-5-11-23/h1,3-5,7-8,10-15,18-19,21-22,26H,2,6,9,16-17,20H2/b24-12-,27-15+,29-21+. The summed E-state index contributed by atoms with van der Waals surface area (Å²) in [4.78, 5) is 30.8. The number of hydrogen-bond acceptors (Lipinski definition) is 3. The van der Waals surface area contributed by atoms with Crippen molar-refractivity contribution in [2.24, 2.45) is 0 Å². The van der Waals surface area contributed by atoms with E-state index in [0.717, 1.165) is 44.1 Å². The summed E-state index contributed by atoms with van der Waals surface area (Å²) in [6.45, 7) is 0. The van der Waals surface area contributed by atoms with Crippen LogP contribution in [0.25, 0.3) is 0 Å². The van der Waals surface area contributed by atoms with Crippen LogP contribution in [-0.2, 0) is 6.42 Å². The zero-order chi connectivity index (χ0) is 24.0. The number of allylic oxidation sites excluding steroid dienone is 6. The number of pyridine rings is 1. The Morgan fingerprint density at radius 1 is 0.771 bits per heavy atom. The van der Waals surface area contributed by atoms with E-state index in [9.17, 15) is 9.59 Å². The average molecular weight is 460 g/mol. The highest BCUT2D eigenvalue weighted by Gasteiger charge is 2.32. The van der Waals surface area contributed by atoms with Crippen LogP contribution < -0.4 is 0 Å². The Bertz CT molecular complexity index is 1320. The van der Waals surface area contributed by atoms with Crippen molar-refractivity contribution in [1.29, 1.82) is 0 Å². The molecule has 0 aliphatic heterocycles. The number of aromatic nitrogens is 1. The van der Waals surface area contributed by atoms with Crippen molar-refractivity contribution in [2.75, 3.05) is 0 Å². The van der Waals surface area contributed by atoms with Gasteiger partial charge in [0.15, 0.2) is 11.6 Å². The number of Topliss-reactive ketones (excluding diaryl/α,β-unsaturated/α-hetero) is 2. The molecule has 2 aliphatic carbocycles. The highest BCUT2D eigenvalue weighted by molar-refractivity contribution is 6.31. The predicted octanol–water partition coefficient (Wildman–Crippen LogP) is 7.23. The Balaban J connectivity index is 1.48. The van der Waals surface area contributed by atoms with Crippen molar-refractivity contribution < 1.29 is 9.59 Å². The number of hydrogen-bond donors (Lipinski definition) is 0. The number of carbonyl (C=O) groups is 2. The zero-order valence-corrected chi connectivity index (χ0v) is 19.8. The molecule has 0 fully saturated rings. The maximum absolute atomic E-state index is 13.5. The van der Waals surface area contributed by atoms with Crippen LogP contribution >= 0.6 is 0 Å². The second-order valence-corrected chi connectivity index (χ2v) is 9.30. The maximum atomic E-state index is 13.5. The summed E-state index contributed by atoms with van der Waals surface area (Å²) in [6, 6.07) is 22.9. The van der Waals surface area contributed by atoms with Gasteiger partial charge in [-0.25, -0.2) is 0 Å². The fourth-order valence-corrected chi connectivity index (χ4v) is 5.07. The minimum atomic E-state index is -0.104. The number of aryl methyl sites for hydroxylation is 1. The van der Waals surface area contributed by atoms with E-state index in [2.05, 4.69) is 59.6 Å². The van der Waals surface area contributed by atoms with E-state index >= 15 is 0 Å². The topological polar surface area (TPSA) is 47.0 Å². The summed E-state index contributed by atoms with van der Waals surface area (Å²) in [5.41, 5.74) is 5.69. The van der Waals surface area contributed by atoms with Gasteiger partial charge in [-0.2, -0.15) is 0 Å². The maximum Gasteiger partial charge on any atom is 0.196 e. The van der Waals surface area contributed by atoms with E-state index in [-0.39, 0.29) is 11.6 Å². The molecule has 2 aliphatic rings. The van der Waals surface area contributed by atoms with Crippen molar-refractivity contribution in [1.82, 2.24) is 4.98 Å². The summed E-state index contributed by atoms with van der Waals surface area (Å²) < 4.78 is 0. The third-order valence-electron chi connectivity index (χ3n) is 6.96. The molecule has 1 unspecified atom stereocenters. The molecule has 35 heavy (non-hydrogen) atoms.